The molecular formula is C52H44. The molecule has 1 unspecified atom stereocenters. The van der Waals surface area contributed by atoms with E-state index in [1.54, 1.807) is 0 Å². The van der Waals surface area contributed by atoms with E-state index in [0.29, 0.717) is 5.92 Å². The number of hydrogen-bond donors (Lipinski definition) is 0. The second-order valence-corrected chi connectivity index (χ2v) is 15.1. The lowest BCUT2D eigenvalue weighted by Gasteiger charge is -2.46. The van der Waals surface area contributed by atoms with Gasteiger partial charge in [0.05, 0.1) is 0 Å². The third kappa shape index (κ3) is 5.55. The number of allylic oxidation sites excluding steroid dienone is 1. The second-order valence-electron chi connectivity index (χ2n) is 15.1. The summed E-state index contributed by atoms with van der Waals surface area (Å²) in [5.41, 5.74) is 17.4. The first-order valence-corrected chi connectivity index (χ1v) is 18.9. The summed E-state index contributed by atoms with van der Waals surface area (Å²) in [5.74, 6) is 0.664. The molecule has 52 heavy (non-hydrogen) atoms. The molecule has 9 rings (SSSR count). The Hall–Kier alpha value is -5.72. The predicted octanol–water partition coefficient (Wildman–Crippen LogP) is 12.9. The zero-order valence-corrected chi connectivity index (χ0v) is 30.0. The molecule has 0 N–H and O–H groups in total. The molecule has 252 valence electrons. The van der Waals surface area contributed by atoms with Gasteiger partial charge in [-0.15, -0.1) is 0 Å². The Morgan fingerprint density at radius 3 is 1.42 bits per heavy atom. The monoisotopic (exact) mass is 668 g/mol. The van der Waals surface area contributed by atoms with E-state index in [2.05, 4.69) is 202 Å². The average Bonchev–Trinajstić information content (AvgIpc) is 3.76. The van der Waals surface area contributed by atoms with Crippen LogP contribution in [-0.2, 0) is 18.3 Å². The molecule has 0 bridgehead atoms. The minimum Gasteiger partial charge on any atom is -0.0751 e. The average molecular weight is 669 g/mol. The first kappa shape index (κ1) is 32.2. The van der Waals surface area contributed by atoms with E-state index in [1.165, 1.54) is 72.3 Å². The highest BCUT2D eigenvalue weighted by molar-refractivity contribution is 5.82. The lowest BCUT2D eigenvalue weighted by Crippen LogP contribution is -2.40. The minimum absolute atomic E-state index is 0.0686. The lowest BCUT2D eigenvalue weighted by atomic mass is 9.55. The van der Waals surface area contributed by atoms with Gasteiger partial charge in [0.15, 0.2) is 0 Å². The van der Waals surface area contributed by atoms with Crippen molar-refractivity contribution in [2.45, 2.75) is 49.9 Å². The zero-order chi connectivity index (χ0) is 35.1. The van der Waals surface area contributed by atoms with Crippen molar-refractivity contribution in [1.82, 2.24) is 0 Å². The minimum atomic E-state index is -0.430. The number of fused-ring (bicyclic) bond motifs is 4. The Morgan fingerprint density at radius 2 is 0.942 bits per heavy atom. The number of hydrogen-bond acceptors (Lipinski definition) is 0. The van der Waals surface area contributed by atoms with Crippen LogP contribution in [0, 0.1) is 0 Å². The summed E-state index contributed by atoms with van der Waals surface area (Å²) >= 11 is 0. The molecule has 0 nitrogen and oxygen atoms in total. The summed E-state index contributed by atoms with van der Waals surface area (Å²) in [6.45, 7) is 4.59. The number of benzene rings is 7. The molecule has 0 heterocycles. The van der Waals surface area contributed by atoms with Gasteiger partial charge in [0.1, 0.15) is 0 Å². The van der Waals surface area contributed by atoms with Crippen molar-refractivity contribution >= 4 is 6.08 Å². The van der Waals surface area contributed by atoms with Crippen molar-refractivity contribution in [2.24, 2.45) is 0 Å². The molecule has 0 aromatic heterocycles. The first-order chi connectivity index (χ1) is 25.6. The lowest BCUT2D eigenvalue weighted by molar-refractivity contribution is 0.416. The molecular weight excluding hydrogens is 625 g/mol. The van der Waals surface area contributed by atoms with Crippen molar-refractivity contribution < 1.29 is 0 Å². The fourth-order valence-electron chi connectivity index (χ4n) is 9.28. The third-order valence-electron chi connectivity index (χ3n) is 11.7. The highest BCUT2D eigenvalue weighted by Crippen LogP contribution is 2.63. The SMILES string of the molecule is CC(C)c1ccc2c(c1)C=CC2C(c1ccccc1)(c1ccccc1)C1c2cc(Cc3ccccc3)ccc2-c2ccc(Cc3ccccc3)cc21. The third-order valence-corrected chi connectivity index (χ3v) is 11.7. The molecule has 0 amide bonds. The normalized spacial score (nSPS) is 14.7. The summed E-state index contributed by atoms with van der Waals surface area (Å²) in [4.78, 5) is 0. The highest BCUT2D eigenvalue weighted by Gasteiger charge is 2.53. The molecule has 1 atom stereocenters. The van der Waals surface area contributed by atoms with Crippen molar-refractivity contribution in [3.63, 3.8) is 0 Å². The van der Waals surface area contributed by atoms with Gasteiger partial charge in [-0.25, -0.2) is 0 Å². The van der Waals surface area contributed by atoms with E-state index in [4.69, 9.17) is 0 Å². The van der Waals surface area contributed by atoms with Crippen LogP contribution >= 0.6 is 0 Å². The van der Waals surface area contributed by atoms with Gasteiger partial charge in [0, 0.05) is 17.3 Å². The maximum atomic E-state index is 2.55. The van der Waals surface area contributed by atoms with Gasteiger partial charge >= 0.3 is 0 Å². The van der Waals surface area contributed by atoms with Crippen molar-refractivity contribution in [1.29, 1.82) is 0 Å². The molecule has 0 spiro atoms. The van der Waals surface area contributed by atoms with E-state index in [9.17, 15) is 0 Å². The van der Waals surface area contributed by atoms with Gasteiger partial charge in [0.25, 0.3) is 0 Å². The van der Waals surface area contributed by atoms with Crippen LogP contribution in [0.25, 0.3) is 17.2 Å². The van der Waals surface area contributed by atoms with Crippen LogP contribution in [-0.4, -0.2) is 0 Å². The maximum absolute atomic E-state index is 2.55. The molecule has 0 aliphatic heterocycles. The Kier molecular flexibility index (Phi) is 8.32. The smallest absolute Gasteiger partial charge is 0.0415 e. The van der Waals surface area contributed by atoms with E-state index in [-0.39, 0.29) is 11.8 Å². The van der Waals surface area contributed by atoms with Crippen LogP contribution in [0.5, 0.6) is 0 Å². The van der Waals surface area contributed by atoms with Crippen LogP contribution in [0.15, 0.2) is 182 Å². The van der Waals surface area contributed by atoms with Crippen LogP contribution in [0.4, 0.5) is 0 Å². The van der Waals surface area contributed by atoms with Gasteiger partial charge in [-0.05, 0) is 91.1 Å². The van der Waals surface area contributed by atoms with E-state index >= 15 is 0 Å². The molecule has 0 saturated heterocycles. The summed E-state index contributed by atoms with van der Waals surface area (Å²) in [7, 11) is 0. The summed E-state index contributed by atoms with van der Waals surface area (Å²) in [5, 5.41) is 0. The molecule has 2 aliphatic rings. The molecule has 7 aromatic carbocycles. The largest absolute Gasteiger partial charge is 0.0751 e. The van der Waals surface area contributed by atoms with Crippen LogP contribution < -0.4 is 0 Å². The fourth-order valence-corrected chi connectivity index (χ4v) is 9.28. The Balaban J connectivity index is 1.33. The molecule has 0 saturated carbocycles. The molecule has 0 radical (unpaired) electrons. The molecule has 7 aromatic rings. The van der Waals surface area contributed by atoms with Gasteiger partial charge in [0.2, 0.25) is 0 Å². The fraction of sp³-hybridized carbons (Fsp3) is 0.154. The summed E-state index contributed by atoms with van der Waals surface area (Å²) in [6, 6.07) is 66.6. The summed E-state index contributed by atoms with van der Waals surface area (Å²) < 4.78 is 0. The quantitative estimate of drug-likeness (QED) is 0.144. The maximum Gasteiger partial charge on any atom is 0.0415 e. The highest BCUT2D eigenvalue weighted by atomic mass is 14.5. The zero-order valence-electron chi connectivity index (χ0n) is 30.0. The molecule has 0 heteroatoms. The predicted molar refractivity (Wildman–Crippen MR) is 218 cm³/mol. The van der Waals surface area contributed by atoms with Gasteiger partial charge in [-0.3, -0.25) is 0 Å². The Morgan fingerprint density at radius 1 is 0.462 bits per heavy atom. The van der Waals surface area contributed by atoms with Crippen molar-refractivity contribution in [3.05, 3.63) is 243 Å². The number of rotatable bonds is 9. The van der Waals surface area contributed by atoms with E-state index in [1.807, 2.05) is 0 Å². The molecule has 0 fully saturated rings. The van der Waals surface area contributed by atoms with Crippen LogP contribution in [0.3, 0.4) is 0 Å². The van der Waals surface area contributed by atoms with Crippen molar-refractivity contribution in [2.75, 3.05) is 0 Å². The van der Waals surface area contributed by atoms with Crippen LogP contribution in [0.2, 0.25) is 0 Å². The Labute approximate surface area is 309 Å². The Bertz CT molecular complexity index is 2230. The van der Waals surface area contributed by atoms with E-state index in [0.717, 1.165) is 12.8 Å². The van der Waals surface area contributed by atoms with Gasteiger partial charge < -0.3 is 0 Å². The second kappa shape index (κ2) is 13.4. The van der Waals surface area contributed by atoms with Gasteiger partial charge in [-0.1, -0.05) is 202 Å². The summed E-state index contributed by atoms with van der Waals surface area (Å²) in [6.07, 6.45) is 6.74. The topological polar surface area (TPSA) is 0 Å². The molecule has 2 aliphatic carbocycles. The first-order valence-electron chi connectivity index (χ1n) is 18.9. The van der Waals surface area contributed by atoms with Gasteiger partial charge in [-0.2, -0.15) is 0 Å². The van der Waals surface area contributed by atoms with Crippen LogP contribution in [0.1, 0.15) is 92.8 Å². The van der Waals surface area contributed by atoms with E-state index < -0.39 is 5.41 Å². The van der Waals surface area contributed by atoms with Crippen molar-refractivity contribution in [3.8, 4) is 11.1 Å². The standard InChI is InChI=1S/C52H44/c1-36(2)41-25-29-45-42(35-41)26-30-50(45)52(43-19-11-5-12-20-43,44-21-13-6-14-22-44)51-48-33-39(31-37-15-7-3-8-16-37)23-27-46(48)47-28-24-40(34-49(47)51)32-38-17-9-4-10-18-38/h3-30,33-36,50-51H,31-32H2,1-2H3.